The first kappa shape index (κ1) is 10.4. The number of nitriles is 1. The fourth-order valence-corrected chi connectivity index (χ4v) is 1.66. The molecule has 0 N–H and O–H groups in total. The number of benzene rings is 1. The molecule has 5 heteroatoms. The van der Waals surface area contributed by atoms with E-state index in [4.69, 9.17) is 16.9 Å². The van der Waals surface area contributed by atoms with Crippen LogP contribution in [0.1, 0.15) is 5.56 Å². The molecule has 0 saturated heterocycles. The molecule has 2 rings (SSSR count). The van der Waals surface area contributed by atoms with E-state index in [-0.39, 0.29) is 5.02 Å². The summed E-state index contributed by atoms with van der Waals surface area (Å²) in [6.45, 7) is 0. The van der Waals surface area contributed by atoms with E-state index in [0.29, 0.717) is 11.3 Å². The van der Waals surface area contributed by atoms with Crippen molar-refractivity contribution in [3.63, 3.8) is 0 Å². The molecule has 0 radical (unpaired) electrons. The van der Waals surface area contributed by atoms with Gasteiger partial charge in [-0.25, -0.2) is 4.90 Å². The Hall–Kier alpha value is -2.12. The maximum atomic E-state index is 11.4. The van der Waals surface area contributed by atoms with Gasteiger partial charge in [-0.15, -0.1) is 0 Å². The first-order chi connectivity index (χ1) is 7.63. The van der Waals surface area contributed by atoms with Crippen LogP contribution in [0.25, 0.3) is 0 Å². The number of rotatable bonds is 1. The number of imide groups is 1. The molecule has 78 valence electrons. The molecule has 0 bridgehead atoms. The Bertz CT molecular complexity index is 540. The van der Waals surface area contributed by atoms with Crippen LogP contribution in [-0.2, 0) is 9.59 Å². The molecule has 16 heavy (non-hydrogen) atoms. The lowest BCUT2D eigenvalue weighted by atomic mass is 10.2. The maximum Gasteiger partial charge on any atom is 0.258 e. The van der Waals surface area contributed by atoms with Crippen molar-refractivity contribution in [3.8, 4) is 6.07 Å². The molecular weight excluding hydrogens is 228 g/mol. The highest BCUT2D eigenvalue weighted by Gasteiger charge is 2.26. The van der Waals surface area contributed by atoms with Gasteiger partial charge in [-0.1, -0.05) is 11.6 Å². The largest absolute Gasteiger partial charge is 0.269 e. The lowest BCUT2D eigenvalue weighted by molar-refractivity contribution is -0.119. The van der Waals surface area contributed by atoms with Gasteiger partial charge < -0.3 is 0 Å². The second kappa shape index (κ2) is 3.80. The average molecular weight is 233 g/mol. The first-order valence-corrected chi connectivity index (χ1v) is 4.77. The Balaban J connectivity index is 2.47. The van der Waals surface area contributed by atoms with E-state index in [1.54, 1.807) is 0 Å². The average Bonchev–Trinajstić information content (AvgIpc) is 2.59. The quantitative estimate of drug-likeness (QED) is 0.692. The molecule has 2 amide bonds. The Morgan fingerprint density at radius 3 is 2.31 bits per heavy atom. The zero-order valence-corrected chi connectivity index (χ0v) is 8.73. The highest BCUT2D eigenvalue weighted by molar-refractivity contribution is 6.37. The van der Waals surface area contributed by atoms with Crippen molar-refractivity contribution in [2.45, 2.75) is 0 Å². The summed E-state index contributed by atoms with van der Waals surface area (Å²) in [6, 6.07) is 6.31. The molecule has 0 saturated carbocycles. The minimum atomic E-state index is -0.434. The Morgan fingerprint density at radius 1 is 1.19 bits per heavy atom. The number of nitrogens with zero attached hydrogens (tertiary/aromatic N) is 2. The van der Waals surface area contributed by atoms with Gasteiger partial charge in [0, 0.05) is 12.2 Å². The van der Waals surface area contributed by atoms with Gasteiger partial charge >= 0.3 is 0 Å². The van der Waals surface area contributed by atoms with Crippen molar-refractivity contribution in [1.82, 2.24) is 0 Å². The van der Waals surface area contributed by atoms with E-state index >= 15 is 0 Å². The number of amides is 2. The van der Waals surface area contributed by atoms with Gasteiger partial charge in [0.05, 0.1) is 22.3 Å². The third-order valence-corrected chi connectivity index (χ3v) is 2.43. The molecule has 1 aliphatic heterocycles. The summed E-state index contributed by atoms with van der Waals surface area (Å²) < 4.78 is 0. The second-order valence-electron chi connectivity index (χ2n) is 3.12. The molecule has 4 nitrogen and oxygen atoms in total. The predicted molar refractivity (Wildman–Crippen MR) is 57.8 cm³/mol. The van der Waals surface area contributed by atoms with Crippen LogP contribution in [0.4, 0.5) is 5.69 Å². The van der Waals surface area contributed by atoms with E-state index in [9.17, 15) is 9.59 Å². The van der Waals surface area contributed by atoms with Gasteiger partial charge in [0.25, 0.3) is 11.8 Å². The number of carbonyl (C=O) groups excluding carboxylic acids is 2. The minimum absolute atomic E-state index is 0.199. The van der Waals surface area contributed by atoms with Crippen molar-refractivity contribution in [2.24, 2.45) is 0 Å². The molecular formula is C11H5ClN2O2. The van der Waals surface area contributed by atoms with Gasteiger partial charge in [0.15, 0.2) is 0 Å². The number of carbonyl (C=O) groups is 2. The summed E-state index contributed by atoms with van der Waals surface area (Å²) in [5.41, 5.74) is 0.668. The summed E-state index contributed by atoms with van der Waals surface area (Å²) in [4.78, 5) is 23.7. The summed E-state index contributed by atoms with van der Waals surface area (Å²) in [5, 5.41) is 8.85. The normalized spacial score (nSPS) is 14.4. The highest BCUT2D eigenvalue weighted by atomic mass is 35.5. The monoisotopic (exact) mass is 232 g/mol. The van der Waals surface area contributed by atoms with Crippen LogP contribution in [0.15, 0.2) is 30.4 Å². The third kappa shape index (κ3) is 1.58. The predicted octanol–water partition coefficient (Wildman–Crippen LogP) is 1.64. The molecule has 0 unspecified atom stereocenters. The molecule has 0 atom stereocenters. The van der Waals surface area contributed by atoms with Crippen molar-refractivity contribution >= 4 is 29.1 Å². The molecule has 0 aliphatic carbocycles. The van der Waals surface area contributed by atoms with Crippen LogP contribution in [0, 0.1) is 11.3 Å². The molecule has 1 aliphatic rings. The van der Waals surface area contributed by atoms with Crippen LogP contribution < -0.4 is 4.90 Å². The number of halogens is 1. The second-order valence-corrected chi connectivity index (χ2v) is 3.53. The highest BCUT2D eigenvalue weighted by Crippen LogP contribution is 2.28. The van der Waals surface area contributed by atoms with Crippen LogP contribution in [0.3, 0.4) is 0 Å². The summed E-state index contributed by atoms with van der Waals surface area (Å²) in [5.74, 6) is -0.867. The summed E-state index contributed by atoms with van der Waals surface area (Å²) in [7, 11) is 0. The molecule has 1 heterocycles. The fourth-order valence-electron chi connectivity index (χ4n) is 1.40. The lowest BCUT2D eigenvalue weighted by Gasteiger charge is -2.15. The molecule has 1 aromatic rings. The number of hydrogen-bond acceptors (Lipinski definition) is 3. The van der Waals surface area contributed by atoms with Gasteiger partial charge in [-0.05, 0) is 18.2 Å². The maximum absolute atomic E-state index is 11.4. The van der Waals surface area contributed by atoms with Gasteiger partial charge in [-0.3, -0.25) is 9.59 Å². The van der Waals surface area contributed by atoms with Crippen LogP contribution in [0.5, 0.6) is 0 Å². The lowest BCUT2D eigenvalue weighted by Crippen LogP contribution is -2.29. The number of hydrogen-bond donors (Lipinski definition) is 0. The van der Waals surface area contributed by atoms with E-state index in [1.807, 2.05) is 6.07 Å². The Kier molecular flexibility index (Phi) is 2.47. The van der Waals surface area contributed by atoms with E-state index in [2.05, 4.69) is 0 Å². The van der Waals surface area contributed by atoms with E-state index in [1.165, 1.54) is 30.4 Å². The zero-order chi connectivity index (χ0) is 11.7. The van der Waals surface area contributed by atoms with Crippen LogP contribution in [-0.4, -0.2) is 11.8 Å². The SMILES string of the molecule is N#Cc1ccc(N2C(=O)C=CC2=O)c(Cl)c1. The smallest absolute Gasteiger partial charge is 0.258 e. The van der Waals surface area contributed by atoms with Crippen molar-refractivity contribution in [3.05, 3.63) is 40.9 Å². The first-order valence-electron chi connectivity index (χ1n) is 4.39. The van der Waals surface area contributed by atoms with E-state index < -0.39 is 11.8 Å². The number of anilines is 1. The van der Waals surface area contributed by atoms with Crippen molar-refractivity contribution in [2.75, 3.05) is 4.90 Å². The van der Waals surface area contributed by atoms with Crippen LogP contribution in [0.2, 0.25) is 5.02 Å². The van der Waals surface area contributed by atoms with Crippen LogP contribution >= 0.6 is 11.6 Å². The third-order valence-electron chi connectivity index (χ3n) is 2.13. The summed E-state index contributed by atoms with van der Waals surface area (Å²) >= 11 is 5.89. The molecule has 0 aromatic heterocycles. The van der Waals surface area contributed by atoms with Gasteiger partial charge in [0.1, 0.15) is 0 Å². The zero-order valence-electron chi connectivity index (χ0n) is 7.98. The van der Waals surface area contributed by atoms with Crippen molar-refractivity contribution in [1.29, 1.82) is 5.26 Å². The standard InChI is InChI=1S/C11H5ClN2O2/c12-8-5-7(6-13)1-2-9(8)14-10(15)3-4-11(14)16/h1-5H. The molecule has 1 aromatic carbocycles. The minimum Gasteiger partial charge on any atom is -0.269 e. The van der Waals surface area contributed by atoms with E-state index in [0.717, 1.165) is 4.90 Å². The Morgan fingerprint density at radius 2 is 1.81 bits per heavy atom. The molecule has 0 fully saturated rings. The van der Waals surface area contributed by atoms with Gasteiger partial charge in [-0.2, -0.15) is 5.26 Å². The topological polar surface area (TPSA) is 61.2 Å². The Labute approximate surface area is 96.3 Å². The molecule has 0 spiro atoms. The van der Waals surface area contributed by atoms with Crippen molar-refractivity contribution < 1.29 is 9.59 Å². The summed E-state index contributed by atoms with van der Waals surface area (Å²) in [6.07, 6.45) is 2.35. The fraction of sp³-hybridized carbons (Fsp3) is 0. The van der Waals surface area contributed by atoms with Gasteiger partial charge in [0.2, 0.25) is 0 Å².